The van der Waals surface area contributed by atoms with Crippen LogP contribution in [0.2, 0.25) is 0 Å². The molecule has 0 aromatic carbocycles. The van der Waals surface area contributed by atoms with Gasteiger partial charge < -0.3 is 20.1 Å². The highest BCUT2D eigenvalue weighted by molar-refractivity contribution is 5.85. The number of amides is 2. The van der Waals surface area contributed by atoms with Gasteiger partial charge in [-0.05, 0) is 27.2 Å². The number of methoxy groups -OCH3 is 1. The molecule has 0 rings (SSSR count). The maximum absolute atomic E-state index is 11.8. The molecule has 0 bridgehead atoms. The van der Waals surface area contributed by atoms with Crippen LogP contribution in [0.3, 0.4) is 0 Å². The van der Waals surface area contributed by atoms with Crippen LogP contribution in [0.25, 0.3) is 0 Å². The van der Waals surface area contributed by atoms with E-state index >= 15 is 0 Å². The van der Waals surface area contributed by atoms with Gasteiger partial charge in [-0.25, -0.2) is 9.59 Å². The van der Waals surface area contributed by atoms with E-state index in [9.17, 15) is 9.59 Å². The molecule has 0 spiro atoms. The first-order chi connectivity index (χ1) is 7.87. The van der Waals surface area contributed by atoms with E-state index in [0.29, 0.717) is 26.1 Å². The van der Waals surface area contributed by atoms with E-state index in [1.165, 1.54) is 18.7 Å². The summed E-state index contributed by atoms with van der Waals surface area (Å²) in [6.45, 7) is 6.14. The van der Waals surface area contributed by atoms with E-state index in [0.717, 1.165) is 0 Å². The fraction of sp³-hybridized carbons (Fsp3) is 0.818. The Morgan fingerprint density at radius 3 is 2.41 bits per heavy atom. The van der Waals surface area contributed by atoms with Gasteiger partial charge in [0.1, 0.15) is 5.54 Å². The molecule has 0 unspecified atom stereocenters. The standard InChI is InChI=1S/C11H22N2O4/c1-5-13(11(2,3)9(14)15)10(16)12-7-6-8-17-4/h5-8H2,1-4H3,(H,12,16)(H,14,15). The molecule has 0 radical (unpaired) electrons. The van der Waals surface area contributed by atoms with Crippen molar-refractivity contribution < 1.29 is 19.4 Å². The van der Waals surface area contributed by atoms with Crippen molar-refractivity contribution in [3.8, 4) is 0 Å². The number of nitrogens with one attached hydrogen (secondary N) is 1. The molecule has 100 valence electrons. The molecule has 0 aromatic rings. The summed E-state index contributed by atoms with van der Waals surface area (Å²) in [4.78, 5) is 24.2. The van der Waals surface area contributed by atoms with Crippen LogP contribution in [0.5, 0.6) is 0 Å². The second kappa shape index (κ2) is 7.11. The summed E-state index contributed by atoms with van der Waals surface area (Å²) in [7, 11) is 1.59. The Hall–Kier alpha value is -1.30. The van der Waals surface area contributed by atoms with Crippen molar-refractivity contribution in [3.05, 3.63) is 0 Å². The molecule has 0 aliphatic heterocycles. The van der Waals surface area contributed by atoms with E-state index < -0.39 is 11.5 Å². The quantitative estimate of drug-likeness (QED) is 0.655. The zero-order valence-electron chi connectivity index (χ0n) is 10.9. The van der Waals surface area contributed by atoms with Gasteiger partial charge in [-0.1, -0.05) is 0 Å². The Morgan fingerprint density at radius 1 is 1.41 bits per heavy atom. The van der Waals surface area contributed by atoms with Crippen molar-refractivity contribution in [3.63, 3.8) is 0 Å². The van der Waals surface area contributed by atoms with E-state index in [1.54, 1.807) is 14.0 Å². The van der Waals surface area contributed by atoms with Crippen molar-refractivity contribution in [2.24, 2.45) is 0 Å². The summed E-state index contributed by atoms with van der Waals surface area (Å²) in [6, 6.07) is -0.365. The number of nitrogens with zero attached hydrogens (tertiary/aromatic N) is 1. The molecule has 0 saturated heterocycles. The third kappa shape index (κ3) is 4.60. The fourth-order valence-corrected chi connectivity index (χ4v) is 1.42. The predicted octanol–water partition coefficient (Wildman–Crippen LogP) is 0.918. The Labute approximate surface area is 102 Å². The largest absolute Gasteiger partial charge is 0.480 e. The van der Waals surface area contributed by atoms with Gasteiger partial charge in [-0.3, -0.25) is 0 Å². The second-order valence-corrected chi connectivity index (χ2v) is 4.19. The minimum atomic E-state index is -1.21. The molecule has 0 fully saturated rings. The van der Waals surface area contributed by atoms with Gasteiger partial charge in [0.15, 0.2) is 0 Å². The third-order valence-electron chi connectivity index (χ3n) is 2.56. The molecule has 0 atom stereocenters. The average molecular weight is 246 g/mol. The van der Waals surface area contributed by atoms with Gasteiger partial charge in [0.05, 0.1) is 0 Å². The Morgan fingerprint density at radius 2 is 2.00 bits per heavy atom. The number of carboxylic acid groups (broad SMARTS) is 1. The lowest BCUT2D eigenvalue weighted by atomic mass is 10.0. The van der Waals surface area contributed by atoms with Crippen LogP contribution in [0, 0.1) is 0 Å². The Bertz CT molecular complexity index is 266. The highest BCUT2D eigenvalue weighted by Gasteiger charge is 2.36. The van der Waals surface area contributed by atoms with Gasteiger partial charge in [0.2, 0.25) is 0 Å². The van der Waals surface area contributed by atoms with Crippen LogP contribution in [0.15, 0.2) is 0 Å². The zero-order valence-corrected chi connectivity index (χ0v) is 10.9. The van der Waals surface area contributed by atoms with Crippen molar-refractivity contribution >= 4 is 12.0 Å². The van der Waals surface area contributed by atoms with E-state index in [-0.39, 0.29) is 6.03 Å². The molecule has 2 amide bonds. The number of hydrogen-bond donors (Lipinski definition) is 2. The fourth-order valence-electron chi connectivity index (χ4n) is 1.42. The van der Waals surface area contributed by atoms with Gasteiger partial charge in [-0.2, -0.15) is 0 Å². The maximum Gasteiger partial charge on any atom is 0.329 e. The van der Waals surface area contributed by atoms with E-state index in [1.807, 2.05) is 0 Å². The van der Waals surface area contributed by atoms with Gasteiger partial charge in [0.25, 0.3) is 0 Å². The molecule has 0 aliphatic rings. The van der Waals surface area contributed by atoms with Crippen molar-refractivity contribution in [2.45, 2.75) is 32.7 Å². The second-order valence-electron chi connectivity index (χ2n) is 4.19. The molecule has 0 heterocycles. The van der Waals surface area contributed by atoms with Crippen LogP contribution >= 0.6 is 0 Å². The number of hydrogen-bond acceptors (Lipinski definition) is 3. The molecule has 0 aromatic heterocycles. The molecule has 2 N–H and O–H groups in total. The summed E-state index contributed by atoms with van der Waals surface area (Å²) >= 11 is 0. The summed E-state index contributed by atoms with van der Waals surface area (Å²) in [5, 5.41) is 11.7. The van der Waals surface area contributed by atoms with Gasteiger partial charge >= 0.3 is 12.0 Å². The third-order valence-corrected chi connectivity index (χ3v) is 2.56. The molecule has 6 nitrogen and oxygen atoms in total. The van der Waals surface area contributed by atoms with Crippen molar-refractivity contribution in [2.75, 3.05) is 26.8 Å². The first-order valence-electron chi connectivity index (χ1n) is 5.65. The van der Waals surface area contributed by atoms with E-state index in [4.69, 9.17) is 9.84 Å². The molecule has 0 aliphatic carbocycles. The SMILES string of the molecule is CCN(C(=O)NCCCOC)C(C)(C)C(=O)O. The number of carboxylic acids is 1. The normalized spacial score (nSPS) is 11.1. The minimum Gasteiger partial charge on any atom is -0.480 e. The summed E-state index contributed by atoms with van der Waals surface area (Å²) in [5.41, 5.74) is -1.21. The topological polar surface area (TPSA) is 78.9 Å². The number of rotatable bonds is 7. The van der Waals surface area contributed by atoms with Crippen molar-refractivity contribution in [1.82, 2.24) is 10.2 Å². The first-order valence-corrected chi connectivity index (χ1v) is 5.65. The molecular weight excluding hydrogens is 224 g/mol. The summed E-state index contributed by atoms with van der Waals surface area (Å²) < 4.78 is 4.86. The van der Waals surface area contributed by atoms with Gasteiger partial charge in [0, 0.05) is 26.8 Å². The maximum atomic E-state index is 11.8. The van der Waals surface area contributed by atoms with Crippen LogP contribution in [0.1, 0.15) is 27.2 Å². The zero-order chi connectivity index (χ0) is 13.5. The van der Waals surface area contributed by atoms with Gasteiger partial charge in [-0.15, -0.1) is 0 Å². The predicted molar refractivity (Wildman–Crippen MR) is 64.0 cm³/mol. The number of carbonyl (C=O) groups is 2. The van der Waals surface area contributed by atoms with Crippen LogP contribution in [0.4, 0.5) is 4.79 Å². The Balaban J connectivity index is 4.36. The van der Waals surface area contributed by atoms with Crippen LogP contribution in [-0.4, -0.2) is 54.4 Å². The number of likely N-dealkylation sites (N-methyl/N-ethyl adjacent to an activating group) is 1. The number of carbonyl (C=O) groups excluding carboxylic acids is 1. The molecule has 6 heteroatoms. The van der Waals surface area contributed by atoms with Crippen LogP contribution in [-0.2, 0) is 9.53 Å². The summed E-state index contributed by atoms with van der Waals surface area (Å²) in [5.74, 6) is -1.02. The highest BCUT2D eigenvalue weighted by atomic mass is 16.5. The molecule has 0 saturated carbocycles. The lowest BCUT2D eigenvalue weighted by Crippen LogP contribution is -2.56. The highest BCUT2D eigenvalue weighted by Crippen LogP contribution is 2.14. The number of aliphatic carboxylic acids is 1. The van der Waals surface area contributed by atoms with Crippen LogP contribution < -0.4 is 5.32 Å². The monoisotopic (exact) mass is 246 g/mol. The molecular formula is C11H22N2O4. The van der Waals surface area contributed by atoms with E-state index in [2.05, 4.69) is 5.32 Å². The number of ether oxygens (including phenoxy) is 1. The first kappa shape index (κ1) is 15.7. The molecule has 17 heavy (non-hydrogen) atoms. The smallest absolute Gasteiger partial charge is 0.329 e. The minimum absolute atomic E-state index is 0.343. The van der Waals surface area contributed by atoms with Crippen molar-refractivity contribution in [1.29, 1.82) is 0 Å². The lowest BCUT2D eigenvalue weighted by Gasteiger charge is -2.34. The Kier molecular flexibility index (Phi) is 6.57. The number of urea groups is 1. The average Bonchev–Trinajstić information content (AvgIpc) is 2.24. The lowest BCUT2D eigenvalue weighted by molar-refractivity contribution is -0.147. The summed E-state index contributed by atoms with van der Waals surface area (Å²) in [6.07, 6.45) is 0.702.